The van der Waals surface area contributed by atoms with Gasteiger partial charge in [0.2, 0.25) is 0 Å². The summed E-state index contributed by atoms with van der Waals surface area (Å²) in [6, 6.07) is 8.43. The maximum Gasteiger partial charge on any atom is 0.0921 e. The molecule has 1 aliphatic carbocycles. The van der Waals surface area contributed by atoms with Gasteiger partial charge in [-0.05, 0) is 37.8 Å². The fourth-order valence-electron chi connectivity index (χ4n) is 3.09. The number of H-pyrrole nitrogens is 1. The fraction of sp³-hybridized carbons (Fsp3) is 0.400. The topological polar surface area (TPSA) is 48.9 Å². The second-order valence-corrected chi connectivity index (χ2v) is 5.73. The van der Waals surface area contributed by atoms with Crippen LogP contribution < -0.4 is 0 Å². The standard InChI is InChI=1S/C15H18N2O/c1-14(2,18)15(13-9-16-10-17-13)7-11-5-3-4-6-12(11)8-15/h3-6,9-10,18H,7-8H2,1-2H3,(H,16,17). The summed E-state index contributed by atoms with van der Waals surface area (Å²) in [6.07, 6.45) is 5.24. The van der Waals surface area contributed by atoms with E-state index < -0.39 is 5.60 Å². The van der Waals surface area contributed by atoms with E-state index in [-0.39, 0.29) is 5.41 Å². The molecule has 0 atom stereocenters. The lowest BCUT2D eigenvalue weighted by atomic mass is 9.69. The molecule has 0 amide bonds. The van der Waals surface area contributed by atoms with E-state index in [0.29, 0.717) is 0 Å². The van der Waals surface area contributed by atoms with Crippen LogP contribution in [0.3, 0.4) is 0 Å². The molecule has 94 valence electrons. The highest BCUT2D eigenvalue weighted by Gasteiger charge is 2.50. The number of hydrogen-bond acceptors (Lipinski definition) is 2. The molecule has 1 aliphatic rings. The third-order valence-electron chi connectivity index (χ3n) is 4.29. The van der Waals surface area contributed by atoms with Crippen molar-refractivity contribution in [2.45, 2.75) is 37.7 Å². The molecule has 0 saturated carbocycles. The summed E-state index contributed by atoms with van der Waals surface area (Å²) < 4.78 is 0. The first-order valence-corrected chi connectivity index (χ1v) is 6.31. The summed E-state index contributed by atoms with van der Waals surface area (Å²) >= 11 is 0. The van der Waals surface area contributed by atoms with Crippen LogP contribution in [0.4, 0.5) is 0 Å². The molecule has 2 aromatic rings. The summed E-state index contributed by atoms with van der Waals surface area (Å²) in [4.78, 5) is 7.31. The zero-order valence-corrected chi connectivity index (χ0v) is 10.8. The van der Waals surface area contributed by atoms with Gasteiger partial charge >= 0.3 is 0 Å². The van der Waals surface area contributed by atoms with E-state index in [1.807, 2.05) is 20.0 Å². The molecule has 1 aromatic carbocycles. The van der Waals surface area contributed by atoms with Gasteiger partial charge in [0.15, 0.2) is 0 Å². The van der Waals surface area contributed by atoms with Crippen LogP contribution in [0.1, 0.15) is 30.7 Å². The lowest BCUT2D eigenvalue weighted by molar-refractivity contribution is -0.00522. The van der Waals surface area contributed by atoms with Gasteiger partial charge in [-0.25, -0.2) is 4.98 Å². The maximum absolute atomic E-state index is 10.7. The zero-order valence-electron chi connectivity index (χ0n) is 10.8. The van der Waals surface area contributed by atoms with Crippen LogP contribution in [-0.4, -0.2) is 20.7 Å². The molecule has 0 radical (unpaired) electrons. The largest absolute Gasteiger partial charge is 0.389 e. The van der Waals surface area contributed by atoms with E-state index >= 15 is 0 Å². The summed E-state index contributed by atoms with van der Waals surface area (Å²) in [5.41, 5.74) is 2.58. The van der Waals surface area contributed by atoms with E-state index in [4.69, 9.17) is 0 Å². The monoisotopic (exact) mass is 242 g/mol. The number of aromatic amines is 1. The van der Waals surface area contributed by atoms with Crippen molar-refractivity contribution in [2.24, 2.45) is 0 Å². The SMILES string of the molecule is CC(C)(O)C1(c2cnc[nH]2)Cc2ccccc2C1. The van der Waals surface area contributed by atoms with Gasteiger partial charge in [0.05, 0.1) is 11.9 Å². The number of imidazole rings is 1. The van der Waals surface area contributed by atoms with Gasteiger partial charge in [0.1, 0.15) is 0 Å². The molecule has 1 heterocycles. The molecule has 0 aliphatic heterocycles. The molecule has 0 spiro atoms. The predicted octanol–water partition coefficient (Wildman–Crippen LogP) is 2.22. The van der Waals surface area contributed by atoms with E-state index in [0.717, 1.165) is 18.5 Å². The Labute approximate surface area is 107 Å². The van der Waals surface area contributed by atoms with Crippen molar-refractivity contribution in [1.82, 2.24) is 9.97 Å². The molecule has 0 unspecified atom stereocenters. The molecule has 3 rings (SSSR count). The van der Waals surface area contributed by atoms with Gasteiger partial charge in [0, 0.05) is 17.3 Å². The third kappa shape index (κ3) is 1.51. The van der Waals surface area contributed by atoms with Gasteiger partial charge in [-0.1, -0.05) is 24.3 Å². The predicted molar refractivity (Wildman–Crippen MR) is 70.4 cm³/mol. The Balaban J connectivity index is 2.12. The van der Waals surface area contributed by atoms with Crippen molar-refractivity contribution in [3.63, 3.8) is 0 Å². The molecule has 0 bridgehead atoms. The van der Waals surface area contributed by atoms with E-state index in [2.05, 4.69) is 34.2 Å². The van der Waals surface area contributed by atoms with Crippen LogP contribution in [0.2, 0.25) is 0 Å². The first-order chi connectivity index (χ1) is 8.53. The van der Waals surface area contributed by atoms with Gasteiger partial charge in [-0.3, -0.25) is 0 Å². The number of nitrogens with zero attached hydrogens (tertiary/aromatic N) is 1. The van der Waals surface area contributed by atoms with Crippen LogP contribution in [0, 0.1) is 0 Å². The van der Waals surface area contributed by atoms with Crippen LogP contribution in [0.5, 0.6) is 0 Å². The summed E-state index contributed by atoms with van der Waals surface area (Å²) in [6.45, 7) is 3.78. The number of nitrogens with one attached hydrogen (secondary N) is 1. The number of aromatic nitrogens is 2. The molecular weight excluding hydrogens is 224 g/mol. The minimum atomic E-state index is -0.793. The molecule has 0 fully saturated rings. The lowest BCUT2D eigenvalue weighted by Gasteiger charge is -2.39. The lowest BCUT2D eigenvalue weighted by Crippen LogP contribution is -2.48. The average Bonchev–Trinajstić information content (AvgIpc) is 2.95. The highest BCUT2D eigenvalue weighted by Crippen LogP contribution is 2.45. The highest BCUT2D eigenvalue weighted by atomic mass is 16.3. The van der Waals surface area contributed by atoms with Crippen LogP contribution in [0.25, 0.3) is 0 Å². The van der Waals surface area contributed by atoms with E-state index in [9.17, 15) is 5.11 Å². The Morgan fingerprint density at radius 3 is 2.28 bits per heavy atom. The quantitative estimate of drug-likeness (QED) is 0.848. The van der Waals surface area contributed by atoms with Crippen molar-refractivity contribution in [3.05, 3.63) is 53.6 Å². The molecule has 3 heteroatoms. The van der Waals surface area contributed by atoms with Crippen molar-refractivity contribution in [1.29, 1.82) is 0 Å². The van der Waals surface area contributed by atoms with Crippen molar-refractivity contribution < 1.29 is 5.11 Å². The Kier molecular flexibility index (Phi) is 2.35. The first kappa shape index (κ1) is 11.5. The number of fused-ring (bicyclic) bond motifs is 1. The normalized spacial score (nSPS) is 17.7. The van der Waals surface area contributed by atoms with Gasteiger partial charge in [-0.15, -0.1) is 0 Å². The first-order valence-electron chi connectivity index (χ1n) is 6.31. The maximum atomic E-state index is 10.7. The summed E-state index contributed by atoms with van der Waals surface area (Å²) in [5, 5.41) is 10.7. The Morgan fingerprint density at radius 2 is 1.83 bits per heavy atom. The van der Waals surface area contributed by atoms with Crippen molar-refractivity contribution in [3.8, 4) is 0 Å². The van der Waals surface area contributed by atoms with Gasteiger partial charge in [0.25, 0.3) is 0 Å². The highest BCUT2D eigenvalue weighted by molar-refractivity contribution is 5.41. The molecule has 2 N–H and O–H groups in total. The van der Waals surface area contributed by atoms with Crippen LogP contribution in [-0.2, 0) is 18.3 Å². The molecule has 18 heavy (non-hydrogen) atoms. The molecule has 0 saturated heterocycles. The Hall–Kier alpha value is -1.61. The molecule has 1 aromatic heterocycles. The number of hydrogen-bond donors (Lipinski definition) is 2. The Bertz CT molecular complexity index is 527. The van der Waals surface area contributed by atoms with E-state index in [1.165, 1.54) is 11.1 Å². The zero-order chi connectivity index (χ0) is 12.8. The van der Waals surface area contributed by atoms with Gasteiger partial charge < -0.3 is 10.1 Å². The summed E-state index contributed by atoms with van der Waals surface area (Å²) in [7, 11) is 0. The number of benzene rings is 1. The third-order valence-corrected chi connectivity index (χ3v) is 4.29. The number of rotatable bonds is 2. The second-order valence-electron chi connectivity index (χ2n) is 5.73. The van der Waals surface area contributed by atoms with Crippen molar-refractivity contribution in [2.75, 3.05) is 0 Å². The van der Waals surface area contributed by atoms with Crippen LogP contribution in [0.15, 0.2) is 36.8 Å². The van der Waals surface area contributed by atoms with Gasteiger partial charge in [-0.2, -0.15) is 0 Å². The summed E-state index contributed by atoms with van der Waals surface area (Å²) in [5.74, 6) is 0. The second kappa shape index (κ2) is 3.69. The Morgan fingerprint density at radius 1 is 1.22 bits per heavy atom. The molecule has 3 nitrogen and oxygen atoms in total. The fourth-order valence-corrected chi connectivity index (χ4v) is 3.09. The minimum absolute atomic E-state index is 0.298. The smallest absolute Gasteiger partial charge is 0.0921 e. The van der Waals surface area contributed by atoms with E-state index in [1.54, 1.807) is 6.33 Å². The minimum Gasteiger partial charge on any atom is -0.389 e. The van der Waals surface area contributed by atoms with Crippen LogP contribution >= 0.6 is 0 Å². The number of aliphatic hydroxyl groups is 1. The average molecular weight is 242 g/mol. The molecular formula is C15H18N2O. The van der Waals surface area contributed by atoms with Crippen molar-refractivity contribution >= 4 is 0 Å².